The lowest BCUT2D eigenvalue weighted by atomic mass is 10.1. The van der Waals surface area contributed by atoms with E-state index in [0.29, 0.717) is 18.8 Å². The van der Waals surface area contributed by atoms with Gasteiger partial charge in [0.2, 0.25) is 0 Å². The van der Waals surface area contributed by atoms with Crippen molar-refractivity contribution in [3.63, 3.8) is 0 Å². The molecular weight excluding hydrogens is 276 g/mol. The van der Waals surface area contributed by atoms with Crippen molar-refractivity contribution in [2.24, 2.45) is 0 Å². The zero-order valence-electron chi connectivity index (χ0n) is 13.8. The van der Waals surface area contributed by atoms with Crippen molar-refractivity contribution in [3.8, 4) is 11.5 Å². The highest BCUT2D eigenvalue weighted by Gasteiger charge is 2.03. The Hall–Kier alpha value is -1.77. The third-order valence-electron chi connectivity index (χ3n) is 3.50. The first-order chi connectivity index (χ1) is 10.7. The number of ketones is 1. The molecule has 0 aliphatic carbocycles. The maximum absolute atomic E-state index is 11.7. The van der Waals surface area contributed by atoms with E-state index in [0.717, 1.165) is 31.2 Å². The molecule has 0 heterocycles. The third kappa shape index (κ3) is 7.30. The van der Waals surface area contributed by atoms with Crippen LogP contribution < -0.4 is 4.74 Å². The van der Waals surface area contributed by atoms with Gasteiger partial charge in [-0.15, -0.1) is 0 Å². The molecule has 0 aliphatic heterocycles. The molecule has 0 aromatic heterocycles. The third-order valence-corrected chi connectivity index (χ3v) is 3.50. The van der Waals surface area contributed by atoms with E-state index in [2.05, 4.69) is 6.92 Å². The molecule has 0 spiro atoms. The number of rotatable bonds is 11. The Morgan fingerprint density at radius 3 is 2.77 bits per heavy atom. The van der Waals surface area contributed by atoms with Gasteiger partial charge in [-0.05, 0) is 50.0 Å². The maximum Gasteiger partial charge on any atom is 0.161 e. The molecule has 0 bridgehead atoms. The van der Waals surface area contributed by atoms with Crippen LogP contribution in [0.5, 0.6) is 11.5 Å². The quantitative estimate of drug-likeness (QED) is 0.471. The number of phenolic OH excluding ortho intramolecular Hbond substituents is 1. The second kappa shape index (κ2) is 10.9. The number of aryl methyl sites for hydroxylation is 1. The molecular formula is C19H28O3. The zero-order chi connectivity index (χ0) is 16.2. The van der Waals surface area contributed by atoms with Crippen molar-refractivity contribution < 1.29 is 14.6 Å². The van der Waals surface area contributed by atoms with Crippen molar-refractivity contribution >= 4 is 5.78 Å². The van der Waals surface area contributed by atoms with Gasteiger partial charge in [-0.2, -0.15) is 0 Å². The summed E-state index contributed by atoms with van der Waals surface area (Å²) in [6.45, 7) is 4.59. The number of hydrogen-bond donors (Lipinski definition) is 1. The summed E-state index contributed by atoms with van der Waals surface area (Å²) in [5.74, 6) is 0.913. The minimum atomic E-state index is 0.170. The van der Waals surface area contributed by atoms with Crippen molar-refractivity contribution in [2.75, 3.05) is 6.61 Å². The van der Waals surface area contributed by atoms with Gasteiger partial charge in [0.25, 0.3) is 0 Å². The largest absolute Gasteiger partial charge is 0.504 e. The molecule has 0 amide bonds. The normalized spacial score (nSPS) is 11.0. The second-order valence-electron chi connectivity index (χ2n) is 5.45. The Morgan fingerprint density at radius 1 is 1.23 bits per heavy atom. The van der Waals surface area contributed by atoms with Gasteiger partial charge in [0, 0.05) is 6.42 Å². The summed E-state index contributed by atoms with van der Waals surface area (Å²) in [5, 5.41) is 9.65. The minimum absolute atomic E-state index is 0.170. The van der Waals surface area contributed by atoms with Crippen LogP contribution in [0.3, 0.4) is 0 Å². The van der Waals surface area contributed by atoms with Gasteiger partial charge in [0.05, 0.1) is 6.61 Å². The molecule has 0 radical (unpaired) electrons. The molecule has 3 nitrogen and oxygen atoms in total. The predicted molar refractivity (Wildman–Crippen MR) is 90.5 cm³/mol. The van der Waals surface area contributed by atoms with Crippen LogP contribution >= 0.6 is 0 Å². The average molecular weight is 304 g/mol. The molecule has 0 fully saturated rings. The van der Waals surface area contributed by atoms with Crippen molar-refractivity contribution in [1.82, 2.24) is 0 Å². The first-order valence-corrected chi connectivity index (χ1v) is 8.31. The molecule has 122 valence electrons. The summed E-state index contributed by atoms with van der Waals surface area (Å²) in [7, 11) is 0. The predicted octanol–water partition coefficient (Wildman–Crippen LogP) is 4.82. The van der Waals surface area contributed by atoms with E-state index in [1.54, 1.807) is 12.1 Å². The molecule has 3 heteroatoms. The van der Waals surface area contributed by atoms with Gasteiger partial charge >= 0.3 is 0 Å². The number of ether oxygens (including phenoxy) is 1. The van der Waals surface area contributed by atoms with E-state index in [9.17, 15) is 9.90 Å². The number of phenols is 1. The van der Waals surface area contributed by atoms with Crippen LogP contribution in [0, 0.1) is 0 Å². The van der Waals surface area contributed by atoms with Gasteiger partial charge in [-0.25, -0.2) is 0 Å². The minimum Gasteiger partial charge on any atom is -0.504 e. The lowest BCUT2D eigenvalue weighted by Gasteiger charge is -2.07. The fourth-order valence-corrected chi connectivity index (χ4v) is 2.26. The lowest BCUT2D eigenvalue weighted by molar-refractivity contribution is -0.114. The average Bonchev–Trinajstić information content (AvgIpc) is 2.51. The number of benzene rings is 1. The Bertz CT molecular complexity index is 478. The summed E-state index contributed by atoms with van der Waals surface area (Å²) in [6, 6.07) is 5.40. The lowest BCUT2D eigenvalue weighted by Crippen LogP contribution is -1.94. The molecule has 1 N–H and O–H groups in total. The SMILES string of the molecule is CCCCCCC(=O)C=CCCc1ccc(O)c(OCC)c1. The Morgan fingerprint density at radius 2 is 2.05 bits per heavy atom. The Kier molecular flexibility index (Phi) is 9.04. The number of allylic oxidation sites excluding steroid dienone is 2. The molecule has 1 aromatic rings. The van der Waals surface area contributed by atoms with Gasteiger partial charge in [0.1, 0.15) is 0 Å². The highest BCUT2D eigenvalue weighted by molar-refractivity contribution is 5.89. The standard InChI is InChI=1S/C19H28O3/c1-3-5-6-7-11-17(20)12-9-8-10-16-13-14-18(21)19(15-16)22-4-2/h9,12-15,21H,3-8,10-11H2,1-2H3. The molecule has 0 saturated carbocycles. The zero-order valence-corrected chi connectivity index (χ0v) is 13.8. The molecule has 0 unspecified atom stereocenters. The molecule has 0 saturated heterocycles. The number of aromatic hydroxyl groups is 1. The van der Waals surface area contributed by atoms with Crippen LogP contribution in [-0.2, 0) is 11.2 Å². The molecule has 1 rings (SSSR count). The van der Waals surface area contributed by atoms with E-state index in [-0.39, 0.29) is 11.5 Å². The Balaban J connectivity index is 2.32. The molecule has 0 atom stereocenters. The van der Waals surface area contributed by atoms with Gasteiger partial charge in [0.15, 0.2) is 17.3 Å². The first-order valence-electron chi connectivity index (χ1n) is 8.31. The first kappa shape index (κ1) is 18.3. The highest BCUT2D eigenvalue weighted by Crippen LogP contribution is 2.27. The van der Waals surface area contributed by atoms with Crippen LogP contribution in [0.4, 0.5) is 0 Å². The van der Waals surface area contributed by atoms with Crippen LogP contribution in [-0.4, -0.2) is 17.5 Å². The fraction of sp³-hybridized carbons (Fsp3) is 0.526. The van der Waals surface area contributed by atoms with Gasteiger partial charge < -0.3 is 9.84 Å². The summed E-state index contributed by atoms with van der Waals surface area (Å²) in [5.41, 5.74) is 1.10. The summed E-state index contributed by atoms with van der Waals surface area (Å²) in [4.78, 5) is 11.7. The monoisotopic (exact) mass is 304 g/mol. The van der Waals surface area contributed by atoms with Crippen molar-refractivity contribution in [2.45, 2.75) is 58.8 Å². The number of carbonyl (C=O) groups is 1. The highest BCUT2D eigenvalue weighted by atomic mass is 16.5. The van der Waals surface area contributed by atoms with Crippen LogP contribution in [0.1, 0.15) is 57.9 Å². The van der Waals surface area contributed by atoms with E-state index in [1.165, 1.54) is 12.8 Å². The van der Waals surface area contributed by atoms with Crippen LogP contribution in [0.25, 0.3) is 0 Å². The maximum atomic E-state index is 11.7. The number of unbranched alkanes of at least 4 members (excludes halogenated alkanes) is 3. The smallest absolute Gasteiger partial charge is 0.161 e. The number of hydrogen-bond acceptors (Lipinski definition) is 3. The second-order valence-corrected chi connectivity index (χ2v) is 5.45. The van der Waals surface area contributed by atoms with Gasteiger partial charge in [-0.1, -0.05) is 38.3 Å². The van der Waals surface area contributed by atoms with Crippen molar-refractivity contribution in [3.05, 3.63) is 35.9 Å². The summed E-state index contributed by atoms with van der Waals surface area (Å²) in [6.07, 6.45) is 10.5. The molecule has 22 heavy (non-hydrogen) atoms. The van der Waals surface area contributed by atoms with Crippen LogP contribution in [0.15, 0.2) is 30.4 Å². The van der Waals surface area contributed by atoms with Crippen LogP contribution in [0.2, 0.25) is 0 Å². The number of carbonyl (C=O) groups excluding carboxylic acids is 1. The van der Waals surface area contributed by atoms with Crippen molar-refractivity contribution in [1.29, 1.82) is 0 Å². The van der Waals surface area contributed by atoms with E-state index < -0.39 is 0 Å². The van der Waals surface area contributed by atoms with E-state index >= 15 is 0 Å². The fourth-order valence-electron chi connectivity index (χ4n) is 2.26. The summed E-state index contributed by atoms with van der Waals surface area (Å²) < 4.78 is 5.36. The molecule has 0 aliphatic rings. The summed E-state index contributed by atoms with van der Waals surface area (Å²) >= 11 is 0. The van der Waals surface area contributed by atoms with E-state index in [1.807, 2.05) is 25.1 Å². The van der Waals surface area contributed by atoms with Gasteiger partial charge in [-0.3, -0.25) is 4.79 Å². The Labute approximate surface area is 134 Å². The van der Waals surface area contributed by atoms with E-state index in [4.69, 9.17) is 4.74 Å². The topological polar surface area (TPSA) is 46.5 Å². The molecule has 1 aromatic carbocycles.